The summed E-state index contributed by atoms with van der Waals surface area (Å²) < 4.78 is 12.6. The highest BCUT2D eigenvalue weighted by molar-refractivity contribution is 5.89. The molecular formula is C20H30N4O3. The van der Waals surface area contributed by atoms with Gasteiger partial charge < -0.3 is 20.1 Å². The number of methoxy groups -OCH3 is 1. The molecule has 148 valence electrons. The largest absolute Gasteiger partial charge is 0.383 e. The maximum Gasteiger partial charge on any atom is 0.319 e. The molecule has 0 saturated carbocycles. The van der Waals surface area contributed by atoms with E-state index < -0.39 is 0 Å². The second kappa shape index (κ2) is 10.1. The lowest BCUT2D eigenvalue weighted by molar-refractivity contribution is 0.0657. The molecule has 0 unspecified atom stereocenters. The third-order valence-corrected chi connectivity index (χ3v) is 4.23. The molecule has 0 bridgehead atoms. The van der Waals surface area contributed by atoms with Crippen molar-refractivity contribution in [2.24, 2.45) is 0 Å². The van der Waals surface area contributed by atoms with E-state index in [2.05, 4.69) is 15.7 Å². The molecule has 27 heavy (non-hydrogen) atoms. The summed E-state index contributed by atoms with van der Waals surface area (Å²) in [7, 11) is 1.67. The molecule has 0 aliphatic rings. The minimum absolute atomic E-state index is 0.168. The topological polar surface area (TPSA) is 77.4 Å². The number of amides is 2. The van der Waals surface area contributed by atoms with Crippen LogP contribution < -0.4 is 10.6 Å². The van der Waals surface area contributed by atoms with Crippen molar-refractivity contribution in [1.82, 2.24) is 15.1 Å². The zero-order chi connectivity index (χ0) is 19.8. The normalized spacial score (nSPS) is 11.0. The van der Waals surface area contributed by atoms with Gasteiger partial charge >= 0.3 is 6.03 Å². The van der Waals surface area contributed by atoms with Crippen LogP contribution in [0, 0.1) is 13.8 Å². The Morgan fingerprint density at radius 2 is 2.07 bits per heavy atom. The highest BCUT2D eigenvalue weighted by atomic mass is 16.5. The highest BCUT2D eigenvalue weighted by Crippen LogP contribution is 2.14. The first kappa shape index (κ1) is 20.9. The number of aromatic nitrogens is 2. The van der Waals surface area contributed by atoms with E-state index in [4.69, 9.17) is 9.47 Å². The lowest BCUT2D eigenvalue weighted by atomic mass is 10.2. The predicted octanol–water partition coefficient (Wildman–Crippen LogP) is 3.39. The quantitative estimate of drug-likeness (QED) is 0.705. The van der Waals surface area contributed by atoms with Crippen molar-refractivity contribution in [1.29, 1.82) is 0 Å². The number of hydrogen-bond donors (Lipinski definition) is 2. The van der Waals surface area contributed by atoms with Crippen molar-refractivity contribution in [2.75, 3.05) is 19.0 Å². The molecule has 0 aliphatic heterocycles. The molecule has 2 aromatic rings. The van der Waals surface area contributed by atoms with E-state index in [0.717, 1.165) is 28.2 Å². The molecule has 7 heteroatoms. The summed E-state index contributed by atoms with van der Waals surface area (Å²) in [6.07, 6.45) is 0.168. The zero-order valence-corrected chi connectivity index (χ0v) is 16.8. The van der Waals surface area contributed by atoms with Crippen LogP contribution in [0.3, 0.4) is 0 Å². The fraction of sp³-hybridized carbons (Fsp3) is 0.500. The number of hydrogen-bond acceptors (Lipinski definition) is 4. The fourth-order valence-electron chi connectivity index (χ4n) is 2.73. The number of benzene rings is 1. The first-order chi connectivity index (χ1) is 12.9. The first-order valence-electron chi connectivity index (χ1n) is 9.18. The summed E-state index contributed by atoms with van der Waals surface area (Å²) in [6.45, 7) is 10.2. The number of ether oxygens (including phenoxy) is 2. The maximum atomic E-state index is 12.3. The Kier molecular flexibility index (Phi) is 7.82. The van der Waals surface area contributed by atoms with Crippen molar-refractivity contribution in [2.45, 2.75) is 53.5 Å². The number of aryl methyl sites for hydroxylation is 1. The van der Waals surface area contributed by atoms with Crippen LogP contribution in [0.15, 0.2) is 24.3 Å². The van der Waals surface area contributed by atoms with Gasteiger partial charge in [0.1, 0.15) is 0 Å². The number of nitrogens with zero attached hydrogens (tertiary/aromatic N) is 2. The second-order valence-corrected chi connectivity index (χ2v) is 6.73. The highest BCUT2D eigenvalue weighted by Gasteiger charge is 2.12. The van der Waals surface area contributed by atoms with Gasteiger partial charge in [0.25, 0.3) is 0 Å². The summed E-state index contributed by atoms with van der Waals surface area (Å²) >= 11 is 0. The van der Waals surface area contributed by atoms with Crippen molar-refractivity contribution >= 4 is 11.7 Å². The van der Waals surface area contributed by atoms with Gasteiger partial charge in [-0.05, 0) is 45.4 Å². The second-order valence-electron chi connectivity index (χ2n) is 6.73. The molecule has 2 amide bonds. The van der Waals surface area contributed by atoms with E-state index in [9.17, 15) is 4.79 Å². The first-order valence-corrected chi connectivity index (χ1v) is 9.18. The van der Waals surface area contributed by atoms with Gasteiger partial charge in [0.15, 0.2) is 0 Å². The van der Waals surface area contributed by atoms with Gasteiger partial charge in [0.05, 0.1) is 31.6 Å². The number of anilines is 1. The summed E-state index contributed by atoms with van der Waals surface area (Å²) in [6, 6.07) is 7.41. The summed E-state index contributed by atoms with van der Waals surface area (Å²) in [5.41, 5.74) is 4.74. The molecule has 0 radical (unpaired) electrons. The van der Waals surface area contributed by atoms with E-state index in [1.807, 2.05) is 56.6 Å². The van der Waals surface area contributed by atoms with E-state index in [1.165, 1.54) is 0 Å². The van der Waals surface area contributed by atoms with Gasteiger partial charge in [-0.2, -0.15) is 5.10 Å². The molecule has 0 spiro atoms. The molecule has 7 nitrogen and oxygen atoms in total. The molecule has 0 atom stereocenters. The Balaban J connectivity index is 1.91. The Bertz CT molecular complexity index is 756. The third-order valence-electron chi connectivity index (χ3n) is 4.23. The van der Waals surface area contributed by atoms with E-state index in [0.29, 0.717) is 26.3 Å². The molecule has 2 rings (SSSR count). The van der Waals surface area contributed by atoms with Crippen LogP contribution in [-0.2, 0) is 29.2 Å². The minimum Gasteiger partial charge on any atom is -0.383 e. The Morgan fingerprint density at radius 3 is 2.78 bits per heavy atom. The monoisotopic (exact) mass is 374 g/mol. The predicted molar refractivity (Wildman–Crippen MR) is 106 cm³/mol. The average Bonchev–Trinajstić information content (AvgIpc) is 2.90. The van der Waals surface area contributed by atoms with Crippen LogP contribution in [0.2, 0.25) is 0 Å². The SMILES string of the molecule is COCCn1nc(C)c(CNC(=O)Nc2cccc(COC(C)C)c2)c1C. The van der Waals surface area contributed by atoms with E-state index in [-0.39, 0.29) is 12.1 Å². The average molecular weight is 374 g/mol. The van der Waals surface area contributed by atoms with Crippen molar-refractivity contribution in [3.05, 3.63) is 46.8 Å². The van der Waals surface area contributed by atoms with Gasteiger partial charge in [0.2, 0.25) is 0 Å². The lowest BCUT2D eigenvalue weighted by Crippen LogP contribution is -2.28. The minimum atomic E-state index is -0.250. The molecule has 0 fully saturated rings. The van der Waals surface area contributed by atoms with Crippen LogP contribution in [0.5, 0.6) is 0 Å². The van der Waals surface area contributed by atoms with Crippen LogP contribution >= 0.6 is 0 Å². The maximum absolute atomic E-state index is 12.3. The molecule has 1 heterocycles. The van der Waals surface area contributed by atoms with Crippen molar-refractivity contribution < 1.29 is 14.3 Å². The Hall–Kier alpha value is -2.38. The molecular weight excluding hydrogens is 344 g/mol. The van der Waals surface area contributed by atoms with Crippen LogP contribution in [-0.4, -0.2) is 35.6 Å². The van der Waals surface area contributed by atoms with Gasteiger partial charge in [-0.15, -0.1) is 0 Å². The fourth-order valence-corrected chi connectivity index (χ4v) is 2.73. The standard InChI is InChI=1S/C20H30N4O3/c1-14(2)27-13-17-7-6-8-18(11-17)22-20(25)21-12-19-15(3)23-24(16(19)4)9-10-26-5/h6-8,11,14H,9-10,12-13H2,1-5H3,(H2,21,22,25). The van der Waals surface area contributed by atoms with Crippen molar-refractivity contribution in [3.63, 3.8) is 0 Å². The molecule has 2 N–H and O–H groups in total. The lowest BCUT2D eigenvalue weighted by Gasteiger charge is -2.11. The van der Waals surface area contributed by atoms with Gasteiger partial charge in [-0.1, -0.05) is 12.1 Å². The molecule has 0 saturated heterocycles. The van der Waals surface area contributed by atoms with Crippen LogP contribution in [0.25, 0.3) is 0 Å². The van der Waals surface area contributed by atoms with Gasteiger partial charge in [-0.3, -0.25) is 4.68 Å². The number of urea groups is 1. The Labute approximate surface area is 161 Å². The van der Waals surface area contributed by atoms with Gasteiger partial charge in [-0.25, -0.2) is 4.79 Å². The van der Waals surface area contributed by atoms with Gasteiger partial charge in [0, 0.05) is 30.6 Å². The molecule has 1 aromatic heterocycles. The van der Waals surface area contributed by atoms with Crippen molar-refractivity contribution in [3.8, 4) is 0 Å². The Morgan fingerprint density at radius 1 is 1.30 bits per heavy atom. The summed E-state index contributed by atoms with van der Waals surface area (Å²) in [5, 5.41) is 10.3. The smallest absolute Gasteiger partial charge is 0.319 e. The van der Waals surface area contributed by atoms with E-state index >= 15 is 0 Å². The number of carbonyl (C=O) groups is 1. The number of nitrogens with one attached hydrogen (secondary N) is 2. The van der Waals surface area contributed by atoms with Crippen LogP contribution in [0.4, 0.5) is 10.5 Å². The summed E-state index contributed by atoms with van der Waals surface area (Å²) in [5.74, 6) is 0. The number of carbonyl (C=O) groups excluding carboxylic acids is 1. The number of rotatable bonds is 9. The molecule has 0 aliphatic carbocycles. The summed E-state index contributed by atoms with van der Waals surface area (Å²) in [4.78, 5) is 12.3. The molecule has 1 aromatic carbocycles. The zero-order valence-electron chi connectivity index (χ0n) is 16.8. The van der Waals surface area contributed by atoms with Crippen LogP contribution in [0.1, 0.15) is 36.4 Å². The third kappa shape index (κ3) is 6.37. The van der Waals surface area contributed by atoms with E-state index in [1.54, 1.807) is 7.11 Å².